The van der Waals surface area contributed by atoms with Gasteiger partial charge in [0.25, 0.3) is 0 Å². The molecule has 1 amide bonds. The molecule has 1 unspecified atom stereocenters. The Balaban J connectivity index is 1.67. The van der Waals surface area contributed by atoms with Crippen molar-refractivity contribution in [1.82, 2.24) is 19.6 Å². The van der Waals surface area contributed by atoms with Gasteiger partial charge in [0.05, 0.1) is 45.4 Å². The number of amides is 1. The molecule has 136 valence electrons. The van der Waals surface area contributed by atoms with Gasteiger partial charge in [0.2, 0.25) is 5.91 Å². The van der Waals surface area contributed by atoms with Gasteiger partial charge in [0.1, 0.15) is 6.04 Å². The number of rotatable bonds is 5. The lowest BCUT2D eigenvalue weighted by Gasteiger charge is -2.13. The summed E-state index contributed by atoms with van der Waals surface area (Å²) >= 11 is 17.9. The standard InChI is InChI=1S/C17H16Cl3N5O/c1-10-16(20)7-22-25(10)11(2)17(26)23-13-6-21-24(9-13)8-12-3-4-14(18)15(19)5-12/h3-7,9,11H,8H2,1-2H3,(H,23,26). The third-order valence-corrected chi connectivity index (χ3v) is 5.07. The van der Waals surface area contributed by atoms with E-state index in [1.807, 2.05) is 13.0 Å². The van der Waals surface area contributed by atoms with Crippen LogP contribution in [0.5, 0.6) is 0 Å². The Morgan fingerprint density at radius 3 is 2.58 bits per heavy atom. The van der Waals surface area contributed by atoms with Crippen molar-refractivity contribution in [3.05, 3.63) is 63.1 Å². The SMILES string of the molecule is Cc1c(Cl)cnn1C(C)C(=O)Nc1cnn(Cc2ccc(Cl)c(Cl)c2)c1. The number of halogens is 3. The second-order valence-corrected chi connectivity index (χ2v) is 7.08. The first-order valence-corrected chi connectivity index (χ1v) is 8.95. The van der Waals surface area contributed by atoms with Crippen molar-refractivity contribution in [2.24, 2.45) is 0 Å². The first-order chi connectivity index (χ1) is 12.3. The topological polar surface area (TPSA) is 64.7 Å². The number of benzene rings is 1. The number of carbonyl (C=O) groups is 1. The average molecular weight is 413 g/mol. The molecule has 2 heterocycles. The van der Waals surface area contributed by atoms with Crippen LogP contribution in [-0.2, 0) is 11.3 Å². The van der Waals surface area contributed by atoms with E-state index in [0.717, 1.165) is 11.3 Å². The Kier molecular flexibility index (Phi) is 5.55. The van der Waals surface area contributed by atoms with Crippen molar-refractivity contribution in [2.45, 2.75) is 26.4 Å². The summed E-state index contributed by atoms with van der Waals surface area (Å²) in [7, 11) is 0. The summed E-state index contributed by atoms with van der Waals surface area (Å²) in [6, 6.07) is 4.90. The zero-order chi connectivity index (χ0) is 18.8. The van der Waals surface area contributed by atoms with Crippen LogP contribution in [0.4, 0.5) is 5.69 Å². The van der Waals surface area contributed by atoms with Crippen molar-refractivity contribution in [1.29, 1.82) is 0 Å². The lowest BCUT2D eigenvalue weighted by atomic mass is 10.2. The largest absolute Gasteiger partial charge is 0.322 e. The molecule has 1 atom stereocenters. The molecule has 6 nitrogen and oxygen atoms in total. The summed E-state index contributed by atoms with van der Waals surface area (Å²) < 4.78 is 3.29. The highest BCUT2D eigenvalue weighted by molar-refractivity contribution is 6.42. The van der Waals surface area contributed by atoms with Crippen molar-refractivity contribution in [2.75, 3.05) is 5.32 Å². The van der Waals surface area contributed by atoms with Crippen LogP contribution in [0.2, 0.25) is 15.1 Å². The van der Waals surface area contributed by atoms with Gasteiger partial charge < -0.3 is 5.32 Å². The van der Waals surface area contributed by atoms with Gasteiger partial charge in [-0.25, -0.2) is 0 Å². The van der Waals surface area contributed by atoms with Gasteiger partial charge >= 0.3 is 0 Å². The number of hydrogen-bond donors (Lipinski definition) is 1. The van der Waals surface area contributed by atoms with E-state index in [4.69, 9.17) is 34.8 Å². The summed E-state index contributed by atoms with van der Waals surface area (Å²) in [5, 5.41) is 12.7. The minimum atomic E-state index is -0.499. The zero-order valence-electron chi connectivity index (χ0n) is 14.1. The van der Waals surface area contributed by atoms with Crippen LogP contribution in [0, 0.1) is 6.92 Å². The molecule has 2 aromatic heterocycles. The molecule has 0 saturated carbocycles. The second kappa shape index (κ2) is 7.70. The highest BCUT2D eigenvalue weighted by Crippen LogP contribution is 2.23. The third kappa shape index (κ3) is 4.03. The molecule has 0 fully saturated rings. The third-order valence-electron chi connectivity index (χ3n) is 3.96. The predicted molar refractivity (Wildman–Crippen MR) is 103 cm³/mol. The van der Waals surface area contributed by atoms with Gasteiger partial charge in [-0.15, -0.1) is 0 Å². The van der Waals surface area contributed by atoms with Gasteiger partial charge in [0.15, 0.2) is 0 Å². The molecule has 0 radical (unpaired) electrons. The van der Waals surface area contributed by atoms with Crippen LogP contribution in [0.1, 0.15) is 24.2 Å². The Morgan fingerprint density at radius 1 is 1.15 bits per heavy atom. The number of nitrogens with one attached hydrogen (secondary N) is 1. The maximum Gasteiger partial charge on any atom is 0.249 e. The molecule has 0 spiro atoms. The Labute approximate surface area is 165 Å². The lowest BCUT2D eigenvalue weighted by Crippen LogP contribution is -2.25. The number of carbonyl (C=O) groups excluding carboxylic acids is 1. The second-order valence-electron chi connectivity index (χ2n) is 5.86. The van der Waals surface area contributed by atoms with Crippen LogP contribution < -0.4 is 5.32 Å². The van der Waals surface area contributed by atoms with Gasteiger partial charge in [-0.05, 0) is 31.5 Å². The molecule has 9 heteroatoms. The molecule has 0 aliphatic heterocycles. The summed E-state index contributed by atoms with van der Waals surface area (Å²) in [6.07, 6.45) is 4.86. The van der Waals surface area contributed by atoms with E-state index in [2.05, 4.69) is 15.5 Å². The van der Waals surface area contributed by atoms with Gasteiger partial charge in [-0.2, -0.15) is 10.2 Å². The summed E-state index contributed by atoms with van der Waals surface area (Å²) in [5.74, 6) is -0.207. The predicted octanol–water partition coefficient (Wildman–Crippen LogP) is 4.60. The highest BCUT2D eigenvalue weighted by Gasteiger charge is 2.19. The van der Waals surface area contributed by atoms with Crippen molar-refractivity contribution in [3.63, 3.8) is 0 Å². The smallest absolute Gasteiger partial charge is 0.249 e. The van der Waals surface area contributed by atoms with E-state index in [-0.39, 0.29) is 5.91 Å². The van der Waals surface area contributed by atoms with Gasteiger partial charge in [-0.1, -0.05) is 40.9 Å². The van der Waals surface area contributed by atoms with Crippen molar-refractivity contribution in [3.8, 4) is 0 Å². The van der Waals surface area contributed by atoms with E-state index in [1.54, 1.807) is 40.8 Å². The monoisotopic (exact) mass is 411 g/mol. The molecule has 1 aromatic carbocycles. The van der Waals surface area contributed by atoms with E-state index < -0.39 is 6.04 Å². The van der Waals surface area contributed by atoms with E-state index in [9.17, 15) is 4.79 Å². The summed E-state index contributed by atoms with van der Waals surface area (Å²) in [5.41, 5.74) is 2.29. The molecule has 0 aliphatic carbocycles. The molecule has 0 saturated heterocycles. The minimum Gasteiger partial charge on any atom is -0.322 e. The van der Waals surface area contributed by atoms with E-state index in [0.29, 0.717) is 27.3 Å². The molecular weight excluding hydrogens is 397 g/mol. The van der Waals surface area contributed by atoms with Crippen LogP contribution in [0.15, 0.2) is 36.8 Å². The van der Waals surface area contributed by atoms with Gasteiger partial charge in [-0.3, -0.25) is 14.2 Å². The van der Waals surface area contributed by atoms with Gasteiger partial charge in [0, 0.05) is 6.20 Å². The minimum absolute atomic E-state index is 0.207. The molecular formula is C17H16Cl3N5O. The fourth-order valence-corrected chi connectivity index (χ4v) is 2.94. The first-order valence-electron chi connectivity index (χ1n) is 7.82. The number of hydrogen-bond acceptors (Lipinski definition) is 3. The van der Waals surface area contributed by atoms with Crippen LogP contribution in [0.25, 0.3) is 0 Å². The molecule has 26 heavy (non-hydrogen) atoms. The Hall–Kier alpha value is -2.02. The summed E-state index contributed by atoms with van der Waals surface area (Å²) in [4.78, 5) is 12.4. The molecule has 0 bridgehead atoms. The normalized spacial score (nSPS) is 12.2. The maximum atomic E-state index is 12.4. The van der Waals surface area contributed by atoms with E-state index >= 15 is 0 Å². The van der Waals surface area contributed by atoms with E-state index in [1.165, 1.54) is 6.20 Å². The Morgan fingerprint density at radius 2 is 1.92 bits per heavy atom. The molecule has 0 aliphatic rings. The average Bonchev–Trinajstić information content (AvgIpc) is 3.17. The van der Waals surface area contributed by atoms with Crippen LogP contribution in [-0.4, -0.2) is 25.5 Å². The zero-order valence-corrected chi connectivity index (χ0v) is 16.3. The fraction of sp³-hybridized carbons (Fsp3) is 0.235. The fourth-order valence-electron chi connectivity index (χ4n) is 2.49. The van der Waals surface area contributed by atoms with Crippen LogP contribution in [0.3, 0.4) is 0 Å². The summed E-state index contributed by atoms with van der Waals surface area (Å²) in [6.45, 7) is 4.08. The number of anilines is 1. The quantitative estimate of drug-likeness (QED) is 0.666. The highest BCUT2D eigenvalue weighted by atomic mass is 35.5. The van der Waals surface area contributed by atoms with Crippen LogP contribution >= 0.6 is 34.8 Å². The number of aromatic nitrogens is 4. The Bertz CT molecular complexity index is 950. The number of nitrogens with zero attached hydrogens (tertiary/aromatic N) is 4. The first kappa shape index (κ1) is 18.8. The van der Waals surface area contributed by atoms with Crippen molar-refractivity contribution >= 4 is 46.4 Å². The van der Waals surface area contributed by atoms with Crippen molar-refractivity contribution < 1.29 is 4.79 Å². The lowest BCUT2D eigenvalue weighted by molar-refractivity contribution is -0.119. The maximum absolute atomic E-state index is 12.4. The molecule has 3 aromatic rings. The molecule has 1 N–H and O–H groups in total. The molecule has 3 rings (SSSR count).